The van der Waals surface area contributed by atoms with E-state index in [9.17, 15) is 13.6 Å². The smallest absolute Gasteiger partial charge is 0.414 e. The number of hydroxylamine groups is 1. The molecule has 27 heavy (non-hydrogen) atoms. The number of nitrogens with zero attached hydrogens (tertiary/aromatic N) is 2. The first-order valence-corrected chi connectivity index (χ1v) is 9.04. The minimum Gasteiger partial charge on any atom is -0.490 e. The van der Waals surface area contributed by atoms with Crippen LogP contribution in [0.4, 0.5) is 25.0 Å². The zero-order valence-corrected chi connectivity index (χ0v) is 15.7. The Balaban J connectivity index is 1.73. The van der Waals surface area contributed by atoms with Crippen LogP contribution in [0.1, 0.15) is 12.8 Å². The molecule has 7 nitrogen and oxygen atoms in total. The summed E-state index contributed by atoms with van der Waals surface area (Å²) in [6, 6.07) is 2.31. The molecule has 148 valence electrons. The Morgan fingerprint density at radius 1 is 1.37 bits per heavy atom. The molecule has 1 aromatic rings. The first-order valence-electron chi connectivity index (χ1n) is 8.63. The maximum Gasteiger partial charge on any atom is 0.414 e. The first kappa shape index (κ1) is 19.7. The van der Waals surface area contributed by atoms with Crippen LogP contribution < -0.4 is 15.3 Å². The van der Waals surface area contributed by atoms with Crippen LogP contribution >= 0.6 is 12.2 Å². The highest BCUT2D eigenvalue weighted by molar-refractivity contribution is 7.80. The summed E-state index contributed by atoms with van der Waals surface area (Å²) in [5.41, 5.74) is 2.70. The second kappa shape index (κ2) is 8.77. The molecule has 0 saturated carbocycles. The van der Waals surface area contributed by atoms with Crippen molar-refractivity contribution in [3.8, 4) is 0 Å². The predicted molar refractivity (Wildman–Crippen MR) is 99.0 cm³/mol. The fourth-order valence-electron chi connectivity index (χ4n) is 3.09. The van der Waals surface area contributed by atoms with E-state index in [0.717, 1.165) is 12.1 Å². The van der Waals surface area contributed by atoms with Crippen molar-refractivity contribution < 1.29 is 27.9 Å². The summed E-state index contributed by atoms with van der Waals surface area (Å²) in [6.07, 6.45) is -0.101. The van der Waals surface area contributed by atoms with Gasteiger partial charge >= 0.3 is 6.09 Å². The van der Waals surface area contributed by atoms with Crippen LogP contribution in [0.3, 0.4) is 0 Å². The number of thiocarbonyl (C=S) groups is 1. The molecule has 1 amide bonds. The minimum absolute atomic E-state index is 0.124. The van der Waals surface area contributed by atoms with Crippen molar-refractivity contribution in [2.75, 3.05) is 49.7 Å². The van der Waals surface area contributed by atoms with Gasteiger partial charge in [0.15, 0.2) is 16.7 Å². The van der Waals surface area contributed by atoms with Gasteiger partial charge in [0.1, 0.15) is 11.8 Å². The van der Waals surface area contributed by atoms with E-state index in [1.165, 1.54) is 12.0 Å². The van der Waals surface area contributed by atoms with Gasteiger partial charge in [0.25, 0.3) is 0 Å². The number of halogens is 2. The second-order valence-corrected chi connectivity index (χ2v) is 6.67. The van der Waals surface area contributed by atoms with Crippen molar-refractivity contribution in [2.45, 2.75) is 18.9 Å². The summed E-state index contributed by atoms with van der Waals surface area (Å²) < 4.78 is 39.5. The van der Waals surface area contributed by atoms with Gasteiger partial charge in [0.05, 0.1) is 25.9 Å². The molecule has 1 aromatic carbocycles. The maximum absolute atomic E-state index is 14.7. The third-order valence-electron chi connectivity index (χ3n) is 4.45. The number of rotatable bonds is 5. The summed E-state index contributed by atoms with van der Waals surface area (Å²) >= 11 is 4.97. The molecule has 2 aliphatic heterocycles. The number of ether oxygens (including phenoxy) is 2. The monoisotopic (exact) mass is 401 g/mol. The van der Waals surface area contributed by atoms with Crippen molar-refractivity contribution in [1.29, 1.82) is 0 Å². The van der Waals surface area contributed by atoms with Gasteiger partial charge in [-0.2, -0.15) is 0 Å². The normalized spacial score (nSPS) is 20.4. The summed E-state index contributed by atoms with van der Waals surface area (Å²) in [5.74, 6) is -1.47. The number of anilines is 2. The molecule has 0 unspecified atom stereocenters. The van der Waals surface area contributed by atoms with E-state index in [1.807, 2.05) is 0 Å². The number of carbonyl (C=O) groups excluding carboxylic acids is 1. The Hall–Kier alpha value is -2.04. The van der Waals surface area contributed by atoms with Gasteiger partial charge in [-0.25, -0.2) is 19.1 Å². The fourth-order valence-corrected chi connectivity index (χ4v) is 3.21. The SMILES string of the molecule is COC(=S)CC[C@H]1CN(c2cc(F)c(N3CCNOCC3)c(F)c2)C(=O)O1. The number of hydrogen-bond acceptors (Lipinski definition) is 7. The highest BCUT2D eigenvalue weighted by atomic mass is 32.1. The van der Waals surface area contributed by atoms with Gasteiger partial charge in [-0.1, -0.05) is 0 Å². The number of cyclic esters (lactones) is 1. The van der Waals surface area contributed by atoms with E-state index < -0.39 is 23.8 Å². The van der Waals surface area contributed by atoms with Crippen molar-refractivity contribution in [3.63, 3.8) is 0 Å². The van der Waals surface area contributed by atoms with E-state index in [2.05, 4.69) is 5.48 Å². The van der Waals surface area contributed by atoms with Crippen LogP contribution in [-0.2, 0) is 14.3 Å². The van der Waals surface area contributed by atoms with E-state index >= 15 is 0 Å². The average Bonchev–Trinajstić information content (AvgIpc) is 2.82. The van der Waals surface area contributed by atoms with Crippen LogP contribution in [0.2, 0.25) is 0 Å². The molecule has 3 rings (SSSR count). The average molecular weight is 401 g/mol. The minimum atomic E-state index is -0.733. The lowest BCUT2D eigenvalue weighted by molar-refractivity contribution is 0.0589. The van der Waals surface area contributed by atoms with Gasteiger partial charge in [-0.15, -0.1) is 0 Å². The molecule has 2 heterocycles. The number of hydrogen-bond donors (Lipinski definition) is 1. The highest BCUT2D eigenvalue weighted by Gasteiger charge is 2.33. The largest absolute Gasteiger partial charge is 0.490 e. The maximum atomic E-state index is 14.7. The van der Waals surface area contributed by atoms with Crippen LogP contribution in [0.5, 0.6) is 0 Å². The third kappa shape index (κ3) is 4.63. The summed E-state index contributed by atoms with van der Waals surface area (Å²) in [7, 11) is 1.48. The number of benzene rings is 1. The van der Waals surface area contributed by atoms with Gasteiger partial charge in [-0.3, -0.25) is 9.74 Å². The van der Waals surface area contributed by atoms with Crippen molar-refractivity contribution in [2.24, 2.45) is 0 Å². The molecule has 1 atom stereocenters. The Morgan fingerprint density at radius 3 is 2.81 bits per heavy atom. The second-order valence-electron chi connectivity index (χ2n) is 6.22. The van der Waals surface area contributed by atoms with E-state index in [1.54, 1.807) is 4.90 Å². The molecule has 10 heteroatoms. The number of methoxy groups -OCH3 is 1. The highest BCUT2D eigenvalue weighted by Crippen LogP contribution is 2.31. The quantitative estimate of drug-likeness (QED) is 0.760. The predicted octanol–water partition coefficient (Wildman–Crippen LogP) is 2.39. The topological polar surface area (TPSA) is 63.3 Å². The number of nitrogens with one attached hydrogen (secondary N) is 1. The van der Waals surface area contributed by atoms with E-state index in [0.29, 0.717) is 44.1 Å². The zero-order valence-electron chi connectivity index (χ0n) is 14.9. The Bertz CT molecular complexity index is 690. The molecule has 0 bridgehead atoms. The number of amides is 1. The van der Waals surface area contributed by atoms with Crippen molar-refractivity contribution in [1.82, 2.24) is 5.48 Å². The molecular weight excluding hydrogens is 380 g/mol. The molecule has 0 radical (unpaired) electrons. The van der Waals surface area contributed by atoms with E-state index in [4.69, 9.17) is 26.5 Å². The molecule has 2 fully saturated rings. The summed E-state index contributed by atoms with van der Waals surface area (Å²) in [6.45, 7) is 1.72. The third-order valence-corrected chi connectivity index (χ3v) is 4.82. The van der Waals surface area contributed by atoms with Gasteiger partial charge in [0.2, 0.25) is 0 Å². The Kier molecular flexibility index (Phi) is 6.40. The first-order chi connectivity index (χ1) is 13.0. The molecular formula is C17H21F2N3O4S. The van der Waals surface area contributed by atoms with Crippen molar-refractivity contribution in [3.05, 3.63) is 23.8 Å². The van der Waals surface area contributed by atoms with Crippen molar-refractivity contribution >= 4 is 34.7 Å². The van der Waals surface area contributed by atoms with Crippen LogP contribution in [0.15, 0.2) is 12.1 Å². The summed E-state index contributed by atoms with van der Waals surface area (Å²) in [4.78, 5) is 20.0. The van der Waals surface area contributed by atoms with Crippen LogP contribution in [0.25, 0.3) is 0 Å². The standard InChI is InChI=1S/C17H21F2N3O4S/c1-24-15(27)3-2-12-10-22(17(23)26-12)11-8-13(18)16(14(19)9-11)21-5-4-20-25-7-6-21/h8-9,12,20H,2-7,10H2,1H3/t12-/m0/s1. The van der Waals surface area contributed by atoms with Gasteiger partial charge in [-0.05, 0) is 18.6 Å². The van der Waals surface area contributed by atoms with Crippen LogP contribution in [0, 0.1) is 11.6 Å². The number of carbonyl (C=O) groups is 1. The Labute approximate surface area is 161 Å². The molecule has 1 N–H and O–H groups in total. The van der Waals surface area contributed by atoms with Gasteiger partial charge in [0, 0.05) is 38.2 Å². The molecule has 0 aromatic heterocycles. The molecule has 2 saturated heterocycles. The van der Waals surface area contributed by atoms with Crippen LogP contribution in [-0.4, -0.2) is 57.1 Å². The molecule has 0 spiro atoms. The molecule has 2 aliphatic rings. The lowest BCUT2D eigenvalue weighted by atomic mass is 10.2. The molecule has 0 aliphatic carbocycles. The Morgan fingerprint density at radius 2 is 2.11 bits per heavy atom. The zero-order chi connectivity index (χ0) is 19.4. The van der Waals surface area contributed by atoms with E-state index in [-0.39, 0.29) is 17.9 Å². The summed E-state index contributed by atoms with van der Waals surface area (Å²) in [5, 5.41) is 0.418. The van der Waals surface area contributed by atoms with Gasteiger partial charge < -0.3 is 14.4 Å². The lowest BCUT2D eigenvalue weighted by Gasteiger charge is -2.24. The fraction of sp³-hybridized carbons (Fsp3) is 0.529. The lowest BCUT2D eigenvalue weighted by Crippen LogP contribution is -2.31.